The van der Waals surface area contributed by atoms with Crippen molar-refractivity contribution in [1.29, 1.82) is 0 Å². The minimum atomic E-state index is -1.26. The van der Waals surface area contributed by atoms with Gasteiger partial charge in [0.2, 0.25) is 17.7 Å². The van der Waals surface area contributed by atoms with E-state index in [-0.39, 0.29) is 18.2 Å². The van der Waals surface area contributed by atoms with Crippen molar-refractivity contribution in [2.24, 2.45) is 11.5 Å². The van der Waals surface area contributed by atoms with Gasteiger partial charge >= 0.3 is 0 Å². The Kier molecular flexibility index (Phi) is 5.30. The highest BCUT2D eigenvalue weighted by molar-refractivity contribution is 6.07. The van der Waals surface area contributed by atoms with Crippen LogP contribution in [-0.4, -0.2) is 24.3 Å². The standard InChI is InChI=1S/C23H26N4O3/c24-15-16-4-3-5-17(14-16)23(22(25)30)12-11-21(29)27(23)19-9-7-18(8-10-19)26-13-2-1-6-20(26)28/h3-5,7-10,14H,1-2,6,11-13,15,24H2,(H2,25,30)/t23-/m0/s1. The lowest BCUT2D eigenvalue weighted by atomic mass is 9.85. The van der Waals surface area contributed by atoms with E-state index in [1.54, 1.807) is 17.0 Å². The first-order chi connectivity index (χ1) is 14.5. The van der Waals surface area contributed by atoms with Gasteiger partial charge in [0.15, 0.2) is 5.54 Å². The molecule has 0 bridgehead atoms. The number of nitrogens with two attached hydrogens (primary N) is 2. The van der Waals surface area contributed by atoms with Gasteiger partial charge in [-0.25, -0.2) is 0 Å². The molecule has 2 aliphatic heterocycles. The first-order valence-corrected chi connectivity index (χ1v) is 10.3. The zero-order valence-electron chi connectivity index (χ0n) is 16.8. The summed E-state index contributed by atoms with van der Waals surface area (Å²) in [6.07, 6.45) is 2.97. The summed E-state index contributed by atoms with van der Waals surface area (Å²) < 4.78 is 0. The molecule has 2 heterocycles. The lowest BCUT2D eigenvalue weighted by molar-refractivity contribution is -0.125. The van der Waals surface area contributed by atoms with Gasteiger partial charge in [-0.1, -0.05) is 24.3 Å². The fourth-order valence-corrected chi connectivity index (χ4v) is 4.55. The lowest BCUT2D eigenvalue weighted by Gasteiger charge is -2.37. The number of carbonyl (C=O) groups excluding carboxylic acids is 3. The Morgan fingerprint density at radius 1 is 0.967 bits per heavy atom. The molecule has 3 amide bonds. The van der Waals surface area contributed by atoms with Crippen LogP contribution in [-0.2, 0) is 26.5 Å². The van der Waals surface area contributed by atoms with Crippen LogP contribution in [0.15, 0.2) is 48.5 Å². The molecule has 2 aliphatic rings. The summed E-state index contributed by atoms with van der Waals surface area (Å²) in [5.74, 6) is -0.622. The fraction of sp³-hybridized carbons (Fsp3) is 0.348. The number of hydrogen-bond donors (Lipinski definition) is 2. The largest absolute Gasteiger partial charge is 0.367 e. The van der Waals surface area contributed by atoms with E-state index >= 15 is 0 Å². The van der Waals surface area contributed by atoms with Crippen LogP contribution in [0, 0.1) is 0 Å². The number of rotatable bonds is 5. The molecule has 30 heavy (non-hydrogen) atoms. The van der Waals surface area contributed by atoms with Gasteiger partial charge in [-0.15, -0.1) is 0 Å². The number of primary amides is 1. The SMILES string of the molecule is NCc1cccc([C@]2(C(N)=O)CCC(=O)N2c2ccc(N3CCCCC3=O)cc2)c1. The number of carbonyl (C=O) groups is 3. The average Bonchev–Trinajstić information content (AvgIpc) is 3.12. The average molecular weight is 406 g/mol. The molecule has 0 aliphatic carbocycles. The van der Waals surface area contributed by atoms with Gasteiger partial charge in [0.25, 0.3) is 0 Å². The van der Waals surface area contributed by atoms with E-state index in [9.17, 15) is 14.4 Å². The van der Waals surface area contributed by atoms with Crippen LogP contribution in [0.1, 0.15) is 43.2 Å². The van der Waals surface area contributed by atoms with Gasteiger partial charge < -0.3 is 16.4 Å². The minimum Gasteiger partial charge on any atom is -0.367 e. The Morgan fingerprint density at radius 3 is 2.37 bits per heavy atom. The summed E-state index contributed by atoms with van der Waals surface area (Å²) >= 11 is 0. The van der Waals surface area contributed by atoms with Crippen molar-refractivity contribution in [3.05, 3.63) is 59.7 Å². The van der Waals surface area contributed by atoms with Crippen LogP contribution in [0.25, 0.3) is 0 Å². The van der Waals surface area contributed by atoms with Gasteiger partial charge in [0.1, 0.15) is 0 Å². The van der Waals surface area contributed by atoms with Gasteiger partial charge in [0, 0.05) is 37.3 Å². The molecule has 2 fully saturated rings. The van der Waals surface area contributed by atoms with Crippen LogP contribution in [0.2, 0.25) is 0 Å². The molecule has 4 N–H and O–H groups in total. The third-order valence-corrected chi connectivity index (χ3v) is 6.12. The number of amides is 3. The molecule has 2 saturated heterocycles. The molecular formula is C23H26N4O3. The molecule has 156 valence electrons. The smallest absolute Gasteiger partial charge is 0.248 e. The first kappa shape index (κ1) is 20.1. The molecular weight excluding hydrogens is 380 g/mol. The van der Waals surface area contributed by atoms with E-state index in [4.69, 9.17) is 11.5 Å². The second kappa shape index (κ2) is 7.91. The highest BCUT2D eigenvalue weighted by Crippen LogP contribution is 2.43. The maximum absolute atomic E-state index is 12.9. The van der Waals surface area contributed by atoms with Crippen LogP contribution in [0.3, 0.4) is 0 Å². The predicted octanol–water partition coefficient (Wildman–Crippen LogP) is 2.17. The van der Waals surface area contributed by atoms with Crippen molar-refractivity contribution in [3.63, 3.8) is 0 Å². The van der Waals surface area contributed by atoms with E-state index in [2.05, 4.69) is 0 Å². The monoisotopic (exact) mass is 406 g/mol. The van der Waals surface area contributed by atoms with Crippen molar-refractivity contribution in [2.45, 2.75) is 44.2 Å². The Hall–Kier alpha value is -3.19. The van der Waals surface area contributed by atoms with E-state index in [0.717, 1.165) is 24.1 Å². The number of nitrogens with zero attached hydrogens (tertiary/aromatic N) is 2. The molecule has 2 aromatic carbocycles. The van der Waals surface area contributed by atoms with E-state index in [0.29, 0.717) is 37.2 Å². The second-order valence-corrected chi connectivity index (χ2v) is 7.88. The summed E-state index contributed by atoms with van der Waals surface area (Å²) in [5, 5.41) is 0. The molecule has 4 rings (SSSR count). The van der Waals surface area contributed by atoms with E-state index in [1.165, 1.54) is 4.90 Å². The minimum absolute atomic E-state index is 0.108. The molecule has 2 aromatic rings. The van der Waals surface area contributed by atoms with Crippen LogP contribution in [0.4, 0.5) is 11.4 Å². The first-order valence-electron chi connectivity index (χ1n) is 10.3. The summed E-state index contributed by atoms with van der Waals surface area (Å²) in [5.41, 5.74) is 13.3. The maximum atomic E-state index is 12.9. The van der Waals surface area contributed by atoms with Crippen LogP contribution in [0.5, 0.6) is 0 Å². The zero-order chi connectivity index (χ0) is 21.3. The molecule has 0 spiro atoms. The molecule has 0 aromatic heterocycles. The van der Waals surface area contributed by atoms with Gasteiger partial charge in [-0.2, -0.15) is 0 Å². The highest BCUT2D eigenvalue weighted by atomic mass is 16.2. The Morgan fingerprint density at radius 2 is 1.70 bits per heavy atom. The van der Waals surface area contributed by atoms with Crippen LogP contribution >= 0.6 is 0 Å². The lowest BCUT2D eigenvalue weighted by Crippen LogP contribution is -2.53. The van der Waals surface area contributed by atoms with Crippen molar-refractivity contribution in [2.75, 3.05) is 16.3 Å². The van der Waals surface area contributed by atoms with Crippen molar-refractivity contribution in [3.8, 4) is 0 Å². The summed E-state index contributed by atoms with van der Waals surface area (Å²) in [6.45, 7) is 1.02. The van der Waals surface area contributed by atoms with Gasteiger partial charge in [-0.3, -0.25) is 19.3 Å². The van der Waals surface area contributed by atoms with Crippen molar-refractivity contribution < 1.29 is 14.4 Å². The van der Waals surface area contributed by atoms with Gasteiger partial charge in [0.05, 0.1) is 0 Å². The summed E-state index contributed by atoms with van der Waals surface area (Å²) in [7, 11) is 0. The Bertz CT molecular complexity index is 988. The van der Waals surface area contributed by atoms with E-state index < -0.39 is 11.4 Å². The second-order valence-electron chi connectivity index (χ2n) is 7.88. The summed E-state index contributed by atoms with van der Waals surface area (Å²) in [4.78, 5) is 41.1. The number of piperidine rings is 1. The highest BCUT2D eigenvalue weighted by Gasteiger charge is 2.52. The normalized spacial score (nSPS) is 21.9. The molecule has 0 unspecified atom stereocenters. The fourth-order valence-electron chi connectivity index (χ4n) is 4.55. The molecule has 7 nitrogen and oxygen atoms in total. The predicted molar refractivity (Wildman–Crippen MR) is 115 cm³/mol. The third-order valence-electron chi connectivity index (χ3n) is 6.12. The maximum Gasteiger partial charge on any atom is 0.248 e. The molecule has 1 atom stereocenters. The van der Waals surface area contributed by atoms with Crippen LogP contribution < -0.4 is 21.3 Å². The Balaban J connectivity index is 1.74. The number of benzene rings is 2. The quantitative estimate of drug-likeness (QED) is 0.793. The number of anilines is 2. The molecule has 0 saturated carbocycles. The molecule has 0 radical (unpaired) electrons. The van der Waals surface area contributed by atoms with Crippen molar-refractivity contribution in [1.82, 2.24) is 0 Å². The third kappa shape index (κ3) is 3.25. The topological polar surface area (TPSA) is 110 Å². The van der Waals surface area contributed by atoms with Gasteiger partial charge in [-0.05, 0) is 54.7 Å². The molecule has 7 heteroatoms. The van der Waals surface area contributed by atoms with E-state index in [1.807, 2.05) is 36.4 Å². The zero-order valence-corrected chi connectivity index (χ0v) is 16.8. The summed E-state index contributed by atoms with van der Waals surface area (Å²) in [6, 6.07) is 14.6. The van der Waals surface area contributed by atoms with Crippen molar-refractivity contribution >= 4 is 29.1 Å². The number of hydrogen-bond acceptors (Lipinski definition) is 4. The Labute approximate surface area is 175 Å².